The van der Waals surface area contributed by atoms with Gasteiger partial charge in [0, 0.05) is 29.4 Å². The molecule has 4 heteroatoms. The van der Waals surface area contributed by atoms with Gasteiger partial charge in [-0.1, -0.05) is 0 Å². The molecule has 0 amide bonds. The first-order valence-electron chi connectivity index (χ1n) is 5.59. The van der Waals surface area contributed by atoms with Crippen LogP contribution in [0.15, 0.2) is 12.1 Å². The zero-order valence-electron chi connectivity index (χ0n) is 9.57. The van der Waals surface area contributed by atoms with Crippen molar-refractivity contribution in [2.45, 2.75) is 31.8 Å². The first-order valence-corrected chi connectivity index (χ1v) is 6.41. The molecule has 0 spiro atoms. The molecule has 0 unspecified atom stereocenters. The van der Waals surface area contributed by atoms with Crippen LogP contribution in [0.5, 0.6) is 0 Å². The van der Waals surface area contributed by atoms with Crippen molar-refractivity contribution in [1.29, 1.82) is 5.26 Å². The van der Waals surface area contributed by atoms with E-state index in [9.17, 15) is 0 Å². The van der Waals surface area contributed by atoms with Crippen molar-refractivity contribution in [1.82, 2.24) is 4.90 Å². The first-order chi connectivity index (χ1) is 7.61. The van der Waals surface area contributed by atoms with Gasteiger partial charge in [0.15, 0.2) is 0 Å². The molecule has 1 fully saturated rings. The van der Waals surface area contributed by atoms with Gasteiger partial charge in [-0.05, 0) is 31.9 Å². The van der Waals surface area contributed by atoms with Crippen molar-refractivity contribution < 1.29 is 0 Å². The normalized spacial score (nSPS) is 20.6. The van der Waals surface area contributed by atoms with E-state index in [4.69, 9.17) is 11.0 Å². The van der Waals surface area contributed by atoms with E-state index in [1.54, 1.807) is 0 Å². The Morgan fingerprint density at radius 1 is 1.50 bits per heavy atom. The Balaban J connectivity index is 1.89. The van der Waals surface area contributed by atoms with E-state index in [-0.39, 0.29) is 0 Å². The summed E-state index contributed by atoms with van der Waals surface area (Å²) in [5.41, 5.74) is 5.35. The number of rotatable bonds is 2. The van der Waals surface area contributed by atoms with Crippen LogP contribution in [0.3, 0.4) is 0 Å². The maximum Gasteiger partial charge on any atom is 0.106 e. The number of nitrogens with zero attached hydrogens (tertiary/aromatic N) is 2. The number of thiophene rings is 1. The Morgan fingerprint density at radius 3 is 2.69 bits per heavy atom. The maximum absolute atomic E-state index is 8.94. The molecule has 2 heterocycles. The van der Waals surface area contributed by atoms with Crippen molar-refractivity contribution >= 4 is 11.3 Å². The zero-order chi connectivity index (χ0) is 11.6. The molecule has 0 radical (unpaired) electrons. The Hall–Kier alpha value is -0.890. The molecule has 1 aromatic rings. The van der Waals surface area contributed by atoms with Crippen molar-refractivity contribution in [3.05, 3.63) is 21.9 Å². The third kappa shape index (κ3) is 2.62. The van der Waals surface area contributed by atoms with Crippen LogP contribution in [0, 0.1) is 18.3 Å². The molecule has 86 valence electrons. The van der Waals surface area contributed by atoms with Crippen LogP contribution in [0.4, 0.5) is 0 Å². The molecule has 1 aromatic heterocycles. The Morgan fingerprint density at radius 2 is 2.19 bits per heavy atom. The fraction of sp³-hybridized carbons (Fsp3) is 0.583. The highest BCUT2D eigenvalue weighted by Crippen LogP contribution is 2.22. The quantitative estimate of drug-likeness (QED) is 0.851. The molecule has 0 atom stereocenters. The smallest absolute Gasteiger partial charge is 0.106 e. The van der Waals surface area contributed by atoms with Gasteiger partial charge in [-0.15, -0.1) is 11.3 Å². The monoisotopic (exact) mass is 235 g/mol. The van der Waals surface area contributed by atoms with E-state index in [2.05, 4.69) is 30.0 Å². The lowest BCUT2D eigenvalue weighted by Crippen LogP contribution is -2.49. The summed E-state index contributed by atoms with van der Waals surface area (Å²) < 4.78 is 0. The number of nitriles is 1. The largest absolute Gasteiger partial charge is 0.313 e. The molecule has 3 nitrogen and oxygen atoms in total. The molecule has 1 saturated heterocycles. The van der Waals surface area contributed by atoms with Crippen LogP contribution < -0.4 is 5.73 Å². The molecule has 0 saturated carbocycles. The highest BCUT2D eigenvalue weighted by atomic mass is 32.1. The van der Waals surface area contributed by atoms with E-state index < -0.39 is 5.54 Å². The van der Waals surface area contributed by atoms with Crippen LogP contribution in [0.1, 0.15) is 22.6 Å². The van der Waals surface area contributed by atoms with E-state index >= 15 is 0 Å². The summed E-state index contributed by atoms with van der Waals surface area (Å²) in [6, 6.07) is 6.57. The van der Waals surface area contributed by atoms with Crippen LogP contribution >= 0.6 is 11.3 Å². The number of piperidine rings is 1. The number of nitrogens with two attached hydrogens (primary N) is 1. The summed E-state index contributed by atoms with van der Waals surface area (Å²) in [6.07, 6.45) is 1.57. The number of hydrogen-bond donors (Lipinski definition) is 1. The summed E-state index contributed by atoms with van der Waals surface area (Å²) in [6.45, 7) is 4.99. The summed E-state index contributed by atoms with van der Waals surface area (Å²) >= 11 is 1.85. The Kier molecular flexibility index (Phi) is 3.29. The van der Waals surface area contributed by atoms with Gasteiger partial charge in [-0.3, -0.25) is 4.90 Å². The molecule has 2 N–H and O–H groups in total. The van der Waals surface area contributed by atoms with Crippen molar-refractivity contribution in [3.8, 4) is 6.07 Å². The highest BCUT2D eigenvalue weighted by molar-refractivity contribution is 7.11. The second-order valence-corrected chi connectivity index (χ2v) is 5.93. The lowest BCUT2D eigenvalue weighted by Gasteiger charge is -2.34. The highest BCUT2D eigenvalue weighted by Gasteiger charge is 2.30. The molecule has 0 bridgehead atoms. The third-order valence-electron chi connectivity index (χ3n) is 3.15. The van der Waals surface area contributed by atoms with Gasteiger partial charge in [-0.25, -0.2) is 0 Å². The van der Waals surface area contributed by atoms with Gasteiger partial charge in [0.1, 0.15) is 5.54 Å². The second kappa shape index (κ2) is 4.54. The third-order valence-corrected chi connectivity index (χ3v) is 4.13. The number of likely N-dealkylation sites (tertiary alicyclic amines) is 1. The standard InChI is InChI=1S/C12H17N3S/c1-10-2-3-11(16-10)8-15-6-4-12(14,9-13)5-7-15/h2-3H,4-8,14H2,1H3. The van der Waals surface area contributed by atoms with Crippen LogP contribution in [-0.2, 0) is 6.54 Å². The number of aryl methyl sites for hydroxylation is 1. The fourth-order valence-corrected chi connectivity index (χ4v) is 2.95. The van der Waals surface area contributed by atoms with E-state index in [1.165, 1.54) is 9.75 Å². The molecule has 1 aliphatic heterocycles. The van der Waals surface area contributed by atoms with Gasteiger partial charge in [0.05, 0.1) is 6.07 Å². The second-order valence-electron chi connectivity index (χ2n) is 4.56. The minimum atomic E-state index is -0.581. The molecule has 1 aliphatic rings. The first kappa shape index (κ1) is 11.6. The van der Waals surface area contributed by atoms with Crippen molar-refractivity contribution in [2.24, 2.45) is 5.73 Å². The van der Waals surface area contributed by atoms with Gasteiger partial charge < -0.3 is 5.73 Å². The maximum atomic E-state index is 8.94. The van der Waals surface area contributed by atoms with Crippen LogP contribution in [0.25, 0.3) is 0 Å². The predicted octanol–water partition coefficient (Wildman–Crippen LogP) is 1.87. The van der Waals surface area contributed by atoms with Crippen LogP contribution in [0.2, 0.25) is 0 Å². The molecule has 0 aromatic carbocycles. The molecule has 2 rings (SSSR count). The topological polar surface area (TPSA) is 53.0 Å². The average molecular weight is 235 g/mol. The molecule has 0 aliphatic carbocycles. The molecular formula is C12H17N3S. The Labute approximate surface area is 100 Å². The minimum Gasteiger partial charge on any atom is -0.313 e. The summed E-state index contributed by atoms with van der Waals surface area (Å²) in [5.74, 6) is 0. The van der Waals surface area contributed by atoms with Gasteiger partial charge >= 0.3 is 0 Å². The number of hydrogen-bond acceptors (Lipinski definition) is 4. The average Bonchev–Trinajstić information content (AvgIpc) is 2.68. The molecular weight excluding hydrogens is 218 g/mol. The van der Waals surface area contributed by atoms with Gasteiger partial charge in [-0.2, -0.15) is 5.26 Å². The van der Waals surface area contributed by atoms with E-state index in [1.807, 2.05) is 11.3 Å². The van der Waals surface area contributed by atoms with E-state index in [0.29, 0.717) is 0 Å². The Bertz CT molecular complexity index is 397. The molecule has 16 heavy (non-hydrogen) atoms. The van der Waals surface area contributed by atoms with Gasteiger partial charge in [0.25, 0.3) is 0 Å². The summed E-state index contributed by atoms with van der Waals surface area (Å²) in [4.78, 5) is 5.14. The predicted molar refractivity (Wildman–Crippen MR) is 66.1 cm³/mol. The zero-order valence-corrected chi connectivity index (χ0v) is 10.4. The summed E-state index contributed by atoms with van der Waals surface area (Å²) in [7, 11) is 0. The van der Waals surface area contributed by atoms with Gasteiger partial charge in [0.2, 0.25) is 0 Å². The van der Waals surface area contributed by atoms with Crippen molar-refractivity contribution in [2.75, 3.05) is 13.1 Å². The lowest BCUT2D eigenvalue weighted by atomic mass is 9.90. The lowest BCUT2D eigenvalue weighted by molar-refractivity contribution is 0.183. The minimum absolute atomic E-state index is 0.581. The van der Waals surface area contributed by atoms with Crippen molar-refractivity contribution in [3.63, 3.8) is 0 Å². The SMILES string of the molecule is Cc1ccc(CN2CCC(N)(C#N)CC2)s1. The fourth-order valence-electron chi connectivity index (χ4n) is 2.01. The van der Waals surface area contributed by atoms with E-state index in [0.717, 1.165) is 32.5 Å². The van der Waals surface area contributed by atoms with Crippen LogP contribution in [-0.4, -0.2) is 23.5 Å². The summed E-state index contributed by atoms with van der Waals surface area (Å²) in [5, 5.41) is 8.94.